The molecule has 5 heteroatoms. The molecule has 0 amide bonds. The summed E-state index contributed by atoms with van der Waals surface area (Å²) in [5.74, 6) is 5.02. The molecule has 0 aromatic heterocycles. The lowest BCUT2D eigenvalue weighted by Gasteiger charge is -2.18. The van der Waals surface area contributed by atoms with Gasteiger partial charge in [-0.15, -0.1) is 0 Å². The molecule has 0 saturated carbocycles. The molecule has 2 aromatic rings. The van der Waals surface area contributed by atoms with Gasteiger partial charge in [0.05, 0.1) is 12.6 Å². The van der Waals surface area contributed by atoms with Gasteiger partial charge in [0.25, 0.3) is 0 Å². The van der Waals surface area contributed by atoms with Crippen LogP contribution < -0.4 is 16.0 Å². The summed E-state index contributed by atoms with van der Waals surface area (Å²) in [7, 11) is 0. The van der Waals surface area contributed by atoms with Crippen LogP contribution in [0, 0.1) is 11.6 Å². The summed E-state index contributed by atoms with van der Waals surface area (Å²) in [6.45, 7) is 2.67. The number of benzene rings is 2. The van der Waals surface area contributed by atoms with Gasteiger partial charge in [-0.3, -0.25) is 5.84 Å². The summed E-state index contributed by atoms with van der Waals surface area (Å²) in [4.78, 5) is 0. The topological polar surface area (TPSA) is 47.3 Å². The Morgan fingerprint density at radius 2 is 1.86 bits per heavy atom. The van der Waals surface area contributed by atoms with Crippen molar-refractivity contribution < 1.29 is 13.5 Å². The molecule has 0 aliphatic heterocycles. The van der Waals surface area contributed by atoms with Crippen molar-refractivity contribution in [2.24, 2.45) is 5.84 Å². The monoisotopic (exact) mass is 292 g/mol. The van der Waals surface area contributed by atoms with Crippen LogP contribution >= 0.6 is 0 Å². The van der Waals surface area contributed by atoms with E-state index in [1.165, 1.54) is 12.1 Å². The molecule has 0 fully saturated rings. The third-order valence-corrected chi connectivity index (χ3v) is 3.13. The number of hydrogen-bond donors (Lipinski definition) is 2. The Kier molecular flexibility index (Phi) is 5.25. The van der Waals surface area contributed by atoms with Gasteiger partial charge in [-0.05, 0) is 30.2 Å². The zero-order valence-electron chi connectivity index (χ0n) is 11.8. The molecule has 21 heavy (non-hydrogen) atoms. The fourth-order valence-electron chi connectivity index (χ4n) is 2.08. The van der Waals surface area contributed by atoms with Crippen LogP contribution in [0.15, 0.2) is 42.5 Å². The maximum atomic E-state index is 13.9. The number of nitrogens with two attached hydrogens (primary N) is 1. The maximum absolute atomic E-state index is 13.9. The fourth-order valence-corrected chi connectivity index (χ4v) is 2.08. The van der Waals surface area contributed by atoms with Gasteiger partial charge < -0.3 is 4.74 Å². The molecular formula is C16H18F2N2O. The van der Waals surface area contributed by atoms with Gasteiger partial charge >= 0.3 is 0 Å². The molecule has 3 N–H and O–H groups in total. The van der Waals surface area contributed by atoms with Crippen molar-refractivity contribution >= 4 is 0 Å². The Morgan fingerprint density at radius 1 is 1.14 bits per heavy atom. The molecule has 1 atom stereocenters. The quantitative estimate of drug-likeness (QED) is 0.634. The molecule has 0 aliphatic rings. The highest BCUT2D eigenvalue weighted by Gasteiger charge is 2.17. The summed E-state index contributed by atoms with van der Waals surface area (Å²) in [6, 6.07) is 10.1. The first-order valence-corrected chi connectivity index (χ1v) is 6.79. The van der Waals surface area contributed by atoms with Crippen molar-refractivity contribution in [2.75, 3.05) is 6.61 Å². The Bertz CT molecular complexity index is 587. The third kappa shape index (κ3) is 3.77. The first-order valence-electron chi connectivity index (χ1n) is 6.79. The zero-order valence-corrected chi connectivity index (χ0v) is 11.8. The van der Waals surface area contributed by atoms with Crippen LogP contribution in [0.25, 0.3) is 0 Å². The molecule has 0 radical (unpaired) electrons. The predicted molar refractivity (Wildman–Crippen MR) is 77.8 cm³/mol. The molecule has 0 saturated heterocycles. The van der Waals surface area contributed by atoms with Crippen LogP contribution in [0.5, 0.6) is 5.75 Å². The van der Waals surface area contributed by atoms with E-state index < -0.39 is 17.7 Å². The highest BCUT2D eigenvalue weighted by Crippen LogP contribution is 2.26. The standard InChI is InChI=1S/C16H18F2N2O/c1-2-9-21-13-6-3-11(4-7-13)16(20-19)14-8-5-12(17)10-15(14)18/h3-8,10,16,20H,2,9,19H2,1H3. The second kappa shape index (κ2) is 7.15. The minimum Gasteiger partial charge on any atom is -0.494 e. The molecule has 1 unspecified atom stereocenters. The number of hydrogen-bond acceptors (Lipinski definition) is 3. The van der Waals surface area contributed by atoms with Crippen molar-refractivity contribution in [3.63, 3.8) is 0 Å². The summed E-state index contributed by atoms with van der Waals surface area (Å²) in [5, 5.41) is 0. The van der Waals surface area contributed by atoms with E-state index in [1.54, 1.807) is 24.3 Å². The van der Waals surface area contributed by atoms with Crippen LogP contribution in [0.3, 0.4) is 0 Å². The summed E-state index contributed by atoms with van der Waals surface area (Å²) < 4.78 is 32.3. The van der Waals surface area contributed by atoms with Crippen LogP contribution in [0.4, 0.5) is 8.78 Å². The zero-order chi connectivity index (χ0) is 15.2. The molecule has 0 bridgehead atoms. The molecule has 0 aliphatic carbocycles. The summed E-state index contributed by atoms with van der Waals surface area (Å²) in [6.07, 6.45) is 0.926. The molecule has 112 valence electrons. The number of hydrazine groups is 1. The van der Waals surface area contributed by atoms with Crippen LogP contribution in [-0.4, -0.2) is 6.61 Å². The highest BCUT2D eigenvalue weighted by atomic mass is 19.1. The molecular weight excluding hydrogens is 274 g/mol. The lowest BCUT2D eigenvalue weighted by Crippen LogP contribution is -2.29. The Balaban J connectivity index is 2.24. The van der Waals surface area contributed by atoms with Crippen molar-refractivity contribution in [3.05, 3.63) is 65.2 Å². The third-order valence-electron chi connectivity index (χ3n) is 3.13. The highest BCUT2D eigenvalue weighted by molar-refractivity contribution is 5.36. The average molecular weight is 292 g/mol. The Morgan fingerprint density at radius 3 is 2.43 bits per heavy atom. The van der Waals surface area contributed by atoms with E-state index in [9.17, 15) is 8.78 Å². The van der Waals surface area contributed by atoms with E-state index in [4.69, 9.17) is 10.6 Å². The average Bonchev–Trinajstić information content (AvgIpc) is 2.49. The van der Waals surface area contributed by atoms with E-state index in [1.807, 2.05) is 6.92 Å². The van der Waals surface area contributed by atoms with Crippen LogP contribution in [-0.2, 0) is 0 Å². The lowest BCUT2D eigenvalue weighted by molar-refractivity contribution is 0.317. The molecule has 2 rings (SSSR count). The minimum atomic E-state index is -0.635. The molecule has 0 spiro atoms. The molecule has 0 heterocycles. The number of halogens is 2. The van der Waals surface area contributed by atoms with Gasteiger partial charge in [0.1, 0.15) is 17.4 Å². The number of ether oxygens (including phenoxy) is 1. The second-order valence-electron chi connectivity index (χ2n) is 4.68. The van der Waals surface area contributed by atoms with Gasteiger partial charge in [-0.2, -0.15) is 0 Å². The fraction of sp³-hybridized carbons (Fsp3) is 0.250. The molecule has 2 aromatic carbocycles. The van der Waals surface area contributed by atoms with Gasteiger partial charge in [0, 0.05) is 11.6 Å². The largest absolute Gasteiger partial charge is 0.494 e. The minimum absolute atomic E-state index is 0.293. The smallest absolute Gasteiger partial charge is 0.131 e. The number of rotatable bonds is 6. The summed E-state index contributed by atoms with van der Waals surface area (Å²) in [5.41, 5.74) is 3.62. The van der Waals surface area contributed by atoms with Crippen molar-refractivity contribution in [2.45, 2.75) is 19.4 Å². The van der Waals surface area contributed by atoms with E-state index in [0.717, 1.165) is 23.8 Å². The number of nitrogens with one attached hydrogen (secondary N) is 1. The maximum Gasteiger partial charge on any atom is 0.131 e. The first kappa shape index (κ1) is 15.4. The van der Waals surface area contributed by atoms with Gasteiger partial charge in [-0.25, -0.2) is 14.2 Å². The second-order valence-corrected chi connectivity index (χ2v) is 4.68. The van der Waals surface area contributed by atoms with Gasteiger partial charge in [-0.1, -0.05) is 25.1 Å². The molecule has 3 nitrogen and oxygen atoms in total. The lowest BCUT2D eigenvalue weighted by atomic mass is 9.98. The van der Waals surface area contributed by atoms with Crippen molar-refractivity contribution in [1.82, 2.24) is 5.43 Å². The van der Waals surface area contributed by atoms with Crippen molar-refractivity contribution in [3.8, 4) is 5.75 Å². The van der Waals surface area contributed by atoms with Crippen LogP contribution in [0.1, 0.15) is 30.5 Å². The van der Waals surface area contributed by atoms with E-state index >= 15 is 0 Å². The first-order chi connectivity index (χ1) is 10.2. The van der Waals surface area contributed by atoms with Gasteiger partial charge in [0.15, 0.2) is 0 Å². The van der Waals surface area contributed by atoms with Crippen LogP contribution in [0.2, 0.25) is 0 Å². The van der Waals surface area contributed by atoms with E-state index in [-0.39, 0.29) is 0 Å². The Labute approximate surface area is 122 Å². The SMILES string of the molecule is CCCOc1ccc(C(NN)c2ccc(F)cc2F)cc1. The van der Waals surface area contributed by atoms with E-state index in [0.29, 0.717) is 12.2 Å². The predicted octanol–water partition coefficient (Wildman–Crippen LogP) is 3.31. The normalized spacial score (nSPS) is 12.2. The summed E-state index contributed by atoms with van der Waals surface area (Å²) >= 11 is 0. The van der Waals surface area contributed by atoms with E-state index in [2.05, 4.69) is 5.43 Å². The Hall–Kier alpha value is -1.98. The van der Waals surface area contributed by atoms with Gasteiger partial charge in [0.2, 0.25) is 0 Å². The van der Waals surface area contributed by atoms with Crippen molar-refractivity contribution in [1.29, 1.82) is 0 Å².